The lowest BCUT2D eigenvalue weighted by Crippen LogP contribution is -2.01. The van der Waals surface area contributed by atoms with Crippen molar-refractivity contribution in [1.82, 2.24) is 10.2 Å². The summed E-state index contributed by atoms with van der Waals surface area (Å²) in [4.78, 5) is 12.1. The summed E-state index contributed by atoms with van der Waals surface area (Å²) in [6, 6.07) is 14.4. The molecule has 0 saturated heterocycles. The molecule has 0 aliphatic rings. The molecule has 0 amide bonds. The molecule has 0 aliphatic heterocycles. The van der Waals surface area contributed by atoms with Crippen LogP contribution < -0.4 is 0 Å². The van der Waals surface area contributed by atoms with Crippen LogP contribution in [-0.4, -0.2) is 21.7 Å². The van der Waals surface area contributed by atoms with Gasteiger partial charge in [0.2, 0.25) is 5.89 Å². The fourth-order valence-electron chi connectivity index (χ4n) is 1.85. The summed E-state index contributed by atoms with van der Waals surface area (Å²) in [5.41, 5.74) is 1.39. The number of aromatic nitrogens is 2. The number of ketones is 1. The largest absolute Gasteiger partial charge is 0.411 e. The second-order valence-electron chi connectivity index (χ2n) is 4.60. The van der Waals surface area contributed by atoms with Gasteiger partial charge < -0.3 is 4.42 Å². The third-order valence-corrected chi connectivity index (χ3v) is 4.55. The minimum Gasteiger partial charge on any atom is -0.411 e. The predicted octanol–water partition coefficient (Wildman–Crippen LogP) is 5.13. The molecule has 0 spiro atoms. The van der Waals surface area contributed by atoms with Crippen molar-refractivity contribution >= 4 is 45.1 Å². The molecular weight excluding hydrogens is 400 g/mol. The molecular formula is C16H10BrClN2O2S. The highest BCUT2D eigenvalue weighted by atomic mass is 79.9. The van der Waals surface area contributed by atoms with Crippen molar-refractivity contribution in [3.8, 4) is 11.5 Å². The average molecular weight is 410 g/mol. The molecule has 116 valence electrons. The quantitative estimate of drug-likeness (QED) is 0.432. The number of Topliss-reactive ketones (excluding diaryl/α,β-unsaturated/α-hetero) is 1. The Kier molecular flexibility index (Phi) is 5.15. The Bertz CT molecular complexity index is 836. The van der Waals surface area contributed by atoms with Crippen molar-refractivity contribution in [1.29, 1.82) is 0 Å². The standard InChI is InChI=1S/C16H10BrClN2O2S/c17-12-6-4-10(5-7-12)14(21)9-23-16-20-19-15(22-16)11-2-1-3-13(18)8-11/h1-8H,9H2. The molecule has 0 atom stereocenters. The Hall–Kier alpha value is -1.63. The van der Waals surface area contributed by atoms with E-state index in [1.165, 1.54) is 11.8 Å². The van der Waals surface area contributed by atoms with Gasteiger partial charge in [0, 0.05) is 20.6 Å². The summed E-state index contributed by atoms with van der Waals surface area (Å²) in [5, 5.41) is 8.87. The number of rotatable bonds is 5. The first kappa shape index (κ1) is 16.2. The van der Waals surface area contributed by atoms with E-state index in [1.807, 2.05) is 24.3 Å². The van der Waals surface area contributed by atoms with Crippen molar-refractivity contribution < 1.29 is 9.21 Å². The van der Waals surface area contributed by atoms with E-state index in [4.69, 9.17) is 16.0 Å². The Morgan fingerprint density at radius 2 is 1.96 bits per heavy atom. The highest BCUT2D eigenvalue weighted by molar-refractivity contribution is 9.10. The molecule has 0 aliphatic carbocycles. The summed E-state index contributed by atoms with van der Waals surface area (Å²) in [7, 11) is 0. The minimum atomic E-state index is 0.00463. The van der Waals surface area contributed by atoms with Crippen molar-refractivity contribution in [2.45, 2.75) is 5.22 Å². The van der Waals surface area contributed by atoms with Crippen molar-refractivity contribution in [2.75, 3.05) is 5.75 Å². The zero-order valence-electron chi connectivity index (χ0n) is 11.7. The molecule has 4 nitrogen and oxygen atoms in total. The van der Waals surface area contributed by atoms with Crippen LogP contribution in [0.2, 0.25) is 5.02 Å². The number of thioether (sulfide) groups is 1. The lowest BCUT2D eigenvalue weighted by atomic mass is 10.2. The van der Waals surface area contributed by atoms with Crippen LogP contribution in [0.3, 0.4) is 0 Å². The Balaban J connectivity index is 1.65. The number of carbonyl (C=O) groups is 1. The van der Waals surface area contributed by atoms with Gasteiger partial charge in [0.25, 0.3) is 5.22 Å². The van der Waals surface area contributed by atoms with E-state index < -0.39 is 0 Å². The summed E-state index contributed by atoms with van der Waals surface area (Å²) in [5.74, 6) is 0.620. The van der Waals surface area contributed by atoms with Crippen LogP contribution in [0, 0.1) is 0 Å². The van der Waals surface area contributed by atoms with Gasteiger partial charge in [0.05, 0.1) is 5.75 Å². The van der Waals surface area contributed by atoms with Gasteiger partial charge in [-0.15, -0.1) is 10.2 Å². The summed E-state index contributed by atoms with van der Waals surface area (Å²) >= 11 is 10.5. The molecule has 23 heavy (non-hydrogen) atoms. The van der Waals surface area contributed by atoms with Gasteiger partial charge in [0.15, 0.2) is 5.78 Å². The van der Waals surface area contributed by atoms with Crippen LogP contribution in [0.4, 0.5) is 0 Å². The normalized spacial score (nSPS) is 10.7. The van der Waals surface area contributed by atoms with Crippen LogP contribution in [0.5, 0.6) is 0 Å². The van der Waals surface area contributed by atoms with Crippen LogP contribution in [0.15, 0.2) is 62.6 Å². The summed E-state index contributed by atoms with van der Waals surface area (Å²) in [6.45, 7) is 0. The van der Waals surface area contributed by atoms with E-state index in [1.54, 1.807) is 24.3 Å². The predicted molar refractivity (Wildman–Crippen MR) is 93.9 cm³/mol. The SMILES string of the molecule is O=C(CSc1nnc(-c2cccc(Cl)c2)o1)c1ccc(Br)cc1. The molecule has 0 bridgehead atoms. The molecule has 0 fully saturated rings. The van der Waals surface area contributed by atoms with Gasteiger partial charge in [-0.3, -0.25) is 4.79 Å². The van der Waals surface area contributed by atoms with Crippen LogP contribution in [-0.2, 0) is 0 Å². The molecule has 1 heterocycles. The maximum atomic E-state index is 12.1. The highest BCUT2D eigenvalue weighted by Crippen LogP contribution is 2.25. The number of carbonyl (C=O) groups excluding carboxylic acids is 1. The maximum Gasteiger partial charge on any atom is 0.277 e. The number of hydrogen-bond donors (Lipinski definition) is 0. The van der Waals surface area contributed by atoms with Gasteiger partial charge in [0.1, 0.15) is 0 Å². The van der Waals surface area contributed by atoms with E-state index >= 15 is 0 Å². The second kappa shape index (κ2) is 7.29. The second-order valence-corrected chi connectivity index (χ2v) is 6.88. The van der Waals surface area contributed by atoms with E-state index in [0.717, 1.165) is 10.0 Å². The number of benzene rings is 2. The summed E-state index contributed by atoms with van der Waals surface area (Å²) < 4.78 is 6.49. The Morgan fingerprint density at radius 3 is 2.70 bits per heavy atom. The molecule has 3 rings (SSSR count). The first-order valence-electron chi connectivity index (χ1n) is 6.63. The molecule has 0 unspecified atom stereocenters. The third kappa shape index (κ3) is 4.22. The molecule has 0 saturated carbocycles. The van der Waals surface area contributed by atoms with Crippen LogP contribution in [0.25, 0.3) is 11.5 Å². The van der Waals surface area contributed by atoms with Crippen molar-refractivity contribution in [2.24, 2.45) is 0 Å². The van der Waals surface area contributed by atoms with Gasteiger partial charge in [-0.05, 0) is 30.3 Å². The number of halogens is 2. The average Bonchev–Trinajstić information content (AvgIpc) is 3.02. The molecule has 1 aromatic heterocycles. The zero-order valence-corrected chi connectivity index (χ0v) is 14.9. The van der Waals surface area contributed by atoms with Crippen molar-refractivity contribution in [3.05, 3.63) is 63.6 Å². The minimum absolute atomic E-state index is 0.00463. The monoisotopic (exact) mass is 408 g/mol. The van der Waals surface area contributed by atoms with Gasteiger partial charge in [-0.1, -0.05) is 57.5 Å². The number of hydrogen-bond acceptors (Lipinski definition) is 5. The molecule has 3 aromatic rings. The lowest BCUT2D eigenvalue weighted by Gasteiger charge is -1.99. The maximum absolute atomic E-state index is 12.1. The van der Waals surface area contributed by atoms with E-state index in [9.17, 15) is 4.79 Å². The van der Waals surface area contributed by atoms with Gasteiger partial charge in [-0.25, -0.2) is 0 Å². The van der Waals surface area contributed by atoms with Crippen LogP contribution in [0.1, 0.15) is 10.4 Å². The van der Waals surface area contributed by atoms with Gasteiger partial charge >= 0.3 is 0 Å². The fourth-order valence-corrected chi connectivity index (χ4v) is 2.96. The molecule has 0 radical (unpaired) electrons. The molecule has 2 aromatic carbocycles. The first-order valence-corrected chi connectivity index (χ1v) is 8.78. The number of nitrogens with zero attached hydrogens (tertiary/aromatic N) is 2. The van der Waals surface area contributed by atoms with E-state index in [2.05, 4.69) is 26.1 Å². The fraction of sp³-hybridized carbons (Fsp3) is 0.0625. The zero-order chi connectivity index (χ0) is 16.2. The highest BCUT2D eigenvalue weighted by Gasteiger charge is 2.12. The van der Waals surface area contributed by atoms with Gasteiger partial charge in [-0.2, -0.15) is 0 Å². The topological polar surface area (TPSA) is 56.0 Å². The molecule has 7 heteroatoms. The molecule has 0 N–H and O–H groups in total. The van der Waals surface area contributed by atoms with Crippen molar-refractivity contribution in [3.63, 3.8) is 0 Å². The van der Waals surface area contributed by atoms with Crippen LogP contribution >= 0.6 is 39.3 Å². The third-order valence-electron chi connectivity index (χ3n) is 2.97. The van der Waals surface area contributed by atoms with E-state index in [0.29, 0.717) is 21.7 Å². The summed E-state index contributed by atoms with van der Waals surface area (Å²) in [6.07, 6.45) is 0. The first-order chi connectivity index (χ1) is 11.1. The Labute approximate surface area is 150 Å². The Morgan fingerprint density at radius 1 is 1.17 bits per heavy atom. The lowest BCUT2D eigenvalue weighted by molar-refractivity contribution is 0.102. The smallest absolute Gasteiger partial charge is 0.277 e. The van der Waals surface area contributed by atoms with E-state index in [-0.39, 0.29) is 11.5 Å².